The highest BCUT2D eigenvalue weighted by molar-refractivity contribution is 9.10. The van der Waals surface area contributed by atoms with Crippen molar-refractivity contribution in [2.24, 2.45) is 5.41 Å². The monoisotopic (exact) mass is 452 g/mol. The van der Waals surface area contributed by atoms with E-state index in [0.717, 1.165) is 0 Å². The van der Waals surface area contributed by atoms with E-state index in [1.165, 1.54) is 6.07 Å². The quantitative estimate of drug-likeness (QED) is 0.372. The van der Waals surface area contributed by atoms with Gasteiger partial charge < -0.3 is 9.64 Å². The normalized spacial score (nSPS) is 28.3. The molecule has 148 valence electrons. The number of ether oxygens (including phenoxy) is 1. The number of benzene rings is 1. The van der Waals surface area contributed by atoms with Crippen LogP contribution in [0, 0.1) is 15.5 Å². The van der Waals surface area contributed by atoms with E-state index in [1.54, 1.807) is 13.0 Å². The molecule has 10 nitrogen and oxygen atoms in total. The van der Waals surface area contributed by atoms with Crippen LogP contribution < -0.4 is 15.5 Å². The molecule has 0 aromatic heterocycles. The van der Waals surface area contributed by atoms with E-state index in [2.05, 4.69) is 26.6 Å². The fourth-order valence-corrected chi connectivity index (χ4v) is 5.06. The smallest absolute Gasteiger partial charge is 0.328 e. The highest BCUT2D eigenvalue weighted by Crippen LogP contribution is 2.48. The van der Waals surface area contributed by atoms with Crippen molar-refractivity contribution < 1.29 is 24.0 Å². The van der Waals surface area contributed by atoms with Crippen molar-refractivity contribution in [3.8, 4) is 0 Å². The number of nitro groups is 1. The van der Waals surface area contributed by atoms with Gasteiger partial charge in [-0.25, -0.2) is 4.79 Å². The first-order valence-corrected chi connectivity index (χ1v) is 9.50. The number of hydrogen-bond donors (Lipinski definition) is 2. The number of nitrogens with one attached hydrogen (secondary N) is 2. The van der Waals surface area contributed by atoms with Gasteiger partial charge in [0.1, 0.15) is 0 Å². The first-order valence-electron chi connectivity index (χ1n) is 8.71. The summed E-state index contributed by atoms with van der Waals surface area (Å²) in [4.78, 5) is 50.3. The molecule has 1 unspecified atom stereocenters. The van der Waals surface area contributed by atoms with E-state index in [-0.39, 0.29) is 18.2 Å². The molecule has 2 fully saturated rings. The van der Waals surface area contributed by atoms with Gasteiger partial charge in [0.25, 0.3) is 5.69 Å². The second-order valence-corrected chi connectivity index (χ2v) is 8.18. The van der Waals surface area contributed by atoms with Crippen LogP contribution in [0.4, 0.5) is 16.2 Å². The van der Waals surface area contributed by atoms with Crippen LogP contribution in [0.1, 0.15) is 19.4 Å². The zero-order chi connectivity index (χ0) is 20.4. The molecule has 3 aliphatic rings. The topological polar surface area (TPSA) is 131 Å². The van der Waals surface area contributed by atoms with Gasteiger partial charge in [-0.05, 0) is 41.4 Å². The predicted octanol–water partition coefficient (Wildman–Crippen LogP) is 1.25. The van der Waals surface area contributed by atoms with Crippen molar-refractivity contribution >= 4 is 45.2 Å². The summed E-state index contributed by atoms with van der Waals surface area (Å²) in [6, 6.07) is 1.47. The van der Waals surface area contributed by atoms with Gasteiger partial charge in [0.15, 0.2) is 5.41 Å². The average Bonchev–Trinajstić information content (AvgIpc) is 2.58. The Bertz CT molecular complexity index is 914. The summed E-state index contributed by atoms with van der Waals surface area (Å²) in [7, 11) is 0. The molecule has 4 rings (SSSR count). The summed E-state index contributed by atoms with van der Waals surface area (Å²) in [5, 5.41) is 15.7. The SMILES string of the molecule is C[C@@H]1CN2c3cc(Br)c([N+](=O)[O-])cc3CC3(C(=O)NC(=O)NC3=O)C2[C@H](C)O1. The number of urea groups is 1. The van der Waals surface area contributed by atoms with E-state index < -0.39 is 40.3 Å². The van der Waals surface area contributed by atoms with Crippen molar-refractivity contribution in [2.75, 3.05) is 11.4 Å². The maximum Gasteiger partial charge on any atom is 0.328 e. The molecule has 0 bridgehead atoms. The minimum Gasteiger partial charge on any atom is -0.372 e. The van der Waals surface area contributed by atoms with Gasteiger partial charge in [0.2, 0.25) is 11.8 Å². The van der Waals surface area contributed by atoms with Crippen molar-refractivity contribution in [1.82, 2.24) is 10.6 Å². The average molecular weight is 453 g/mol. The first-order chi connectivity index (χ1) is 13.1. The largest absolute Gasteiger partial charge is 0.372 e. The molecule has 0 radical (unpaired) electrons. The van der Waals surface area contributed by atoms with Gasteiger partial charge >= 0.3 is 6.03 Å². The predicted molar refractivity (Wildman–Crippen MR) is 99.8 cm³/mol. The highest BCUT2D eigenvalue weighted by Gasteiger charge is 2.62. The van der Waals surface area contributed by atoms with Crippen molar-refractivity contribution in [1.29, 1.82) is 0 Å². The van der Waals surface area contributed by atoms with E-state index >= 15 is 0 Å². The fraction of sp³-hybridized carbons (Fsp3) is 0.471. The van der Waals surface area contributed by atoms with Crippen LogP contribution in [-0.4, -0.2) is 47.6 Å². The number of halogens is 1. The molecule has 4 amide bonds. The van der Waals surface area contributed by atoms with Gasteiger partial charge in [-0.1, -0.05) is 0 Å². The Morgan fingerprint density at radius 3 is 2.50 bits per heavy atom. The lowest BCUT2D eigenvalue weighted by Gasteiger charge is -2.55. The summed E-state index contributed by atoms with van der Waals surface area (Å²) in [5.74, 6) is -1.45. The highest BCUT2D eigenvalue weighted by atomic mass is 79.9. The molecule has 2 saturated heterocycles. The van der Waals surface area contributed by atoms with Crippen LogP contribution in [0.3, 0.4) is 0 Å². The number of nitro benzene ring substituents is 1. The van der Waals surface area contributed by atoms with Crippen LogP contribution in [0.2, 0.25) is 0 Å². The molecule has 11 heteroatoms. The number of barbiturate groups is 1. The molecule has 1 spiro atoms. The molecule has 3 heterocycles. The van der Waals surface area contributed by atoms with Gasteiger partial charge in [0.05, 0.1) is 27.6 Å². The van der Waals surface area contributed by atoms with Gasteiger partial charge in [0, 0.05) is 24.7 Å². The number of hydrogen-bond acceptors (Lipinski definition) is 7. The molecule has 2 N–H and O–H groups in total. The number of imide groups is 2. The van der Waals surface area contributed by atoms with E-state index in [1.807, 2.05) is 11.8 Å². The second kappa shape index (κ2) is 6.24. The van der Waals surface area contributed by atoms with Crippen LogP contribution >= 0.6 is 15.9 Å². The molecule has 1 aromatic rings. The summed E-state index contributed by atoms with van der Waals surface area (Å²) in [6.45, 7) is 4.04. The Morgan fingerprint density at radius 1 is 1.25 bits per heavy atom. The van der Waals surface area contributed by atoms with Gasteiger partial charge in [-0.15, -0.1) is 0 Å². The molecule has 1 aromatic carbocycles. The maximum absolute atomic E-state index is 13.0. The minimum atomic E-state index is -1.64. The van der Waals surface area contributed by atoms with Gasteiger partial charge in [-0.3, -0.25) is 30.3 Å². The van der Waals surface area contributed by atoms with Crippen molar-refractivity contribution in [2.45, 2.75) is 38.5 Å². The summed E-state index contributed by atoms with van der Waals surface area (Å²) in [6.07, 6.45) is -0.750. The fourth-order valence-electron chi connectivity index (χ4n) is 4.58. The Labute approximate surface area is 167 Å². The Hall–Kier alpha value is -2.53. The molecular weight excluding hydrogens is 436 g/mol. The third-order valence-corrected chi connectivity index (χ3v) is 6.21. The van der Waals surface area contributed by atoms with E-state index in [9.17, 15) is 24.5 Å². The van der Waals surface area contributed by atoms with Crippen molar-refractivity contribution in [3.05, 3.63) is 32.3 Å². The third-order valence-electron chi connectivity index (χ3n) is 5.57. The van der Waals surface area contributed by atoms with E-state index in [0.29, 0.717) is 22.3 Å². The molecule has 3 aliphatic heterocycles. The number of morpholine rings is 1. The zero-order valence-electron chi connectivity index (χ0n) is 15.0. The molecule has 3 atom stereocenters. The number of rotatable bonds is 1. The maximum atomic E-state index is 13.0. The van der Waals surface area contributed by atoms with Gasteiger partial charge in [-0.2, -0.15) is 0 Å². The van der Waals surface area contributed by atoms with Crippen molar-refractivity contribution in [3.63, 3.8) is 0 Å². The molecule has 28 heavy (non-hydrogen) atoms. The zero-order valence-corrected chi connectivity index (χ0v) is 16.6. The standard InChI is InChI=1S/C17H17BrN4O6/c1-7-6-21-11-4-10(18)12(22(26)27)3-9(11)5-17(13(21)8(2)28-7)14(23)19-16(25)20-15(17)24/h3-4,7-8,13H,5-6H2,1-2H3,(H2,19,20,23,24,25)/t7-,8+,13?/m1/s1. The van der Waals surface area contributed by atoms with Crippen LogP contribution in [-0.2, 0) is 20.7 Å². The number of carbonyl (C=O) groups excluding carboxylic acids is 3. The number of anilines is 1. The Morgan fingerprint density at radius 2 is 1.89 bits per heavy atom. The molecule has 0 aliphatic carbocycles. The summed E-state index contributed by atoms with van der Waals surface area (Å²) >= 11 is 3.24. The number of fused-ring (bicyclic) bond motifs is 4. The van der Waals surface area contributed by atoms with E-state index in [4.69, 9.17) is 4.74 Å². The van der Waals surface area contributed by atoms with Crippen LogP contribution in [0.25, 0.3) is 0 Å². The number of nitrogens with zero attached hydrogens (tertiary/aromatic N) is 2. The second-order valence-electron chi connectivity index (χ2n) is 7.32. The first kappa shape index (κ1) is 18.8. The molecule has 0 saturated carbocycles. The van der Waals surface area contributed by atoms with Crippen LogP contribution in [0.15, 0.2) is 16.6 Å². The molecular formula is C17H17BrN4O6. The lowest BCUT2D eigenvalue weighted by molar-refractivity contribution is -0.385. The Kier molecular flexibility index (Phi) is 4.19. The lowest BCUT2D eigenvalue weighted by Crippen LogP contribution is -2.75. The summed E-state index contributed by atoms with van der Waals surface area (Å²) < 4.78 is 6.22. The number of amides is 4. The Balaban J connectivity index is 1.95. The minimum absolute atomic E-state index is 0.0787. The van der Waals surface area contributed by atoms with Crippen LogP contribution in [0.5, 0.6) is 0 Å². The lowest BCUT2D eigenvalue weighted by atomic mass is 9.66. The number of carbonyl (C=O) groups is 3. The summed E-state index contributed by atoms with van der Waals surface area (Å²) in [5.41, 5.74) is -0.601. The third kappa shape index (κ3) is 2.53.